The van der Waals surface area contributed by atoms with Gasteiger partial charge in [-0.3, -0.25) is 5.32 Å². The topological polar surface area (TPSA) is 101 Å². The highest BCUT2D eigenvalue weighted by Crippen LogP contribution is 2.51. The van der Waals surface area contributed by atoms with Crippen LogP contribution in [0.25, 0.3) is 0 Å². The van der Waals surface area contributed by atoms with Gasteiger partial charge in [-0.05, 0) is 49.5 Å². The molecule has 2 aliphatic rings. The molecule has 2 heterocycles. The van der Waals surface area contributed by atoms with Gasteiger partial charge in [-0.25, -0.2) is 4.79 Å². The van der Waals surface area contributed by atoms with Gasteiger partial charge in [0.25, 0.3) is 0 Å². The summed E-state index contributed by atoms with van der Waals surface area (Å²) >= 11 is 0. The van der Waals surface area contributed by atoms with E-state index >= 15 is 0 Å². The van der Waals surface area contributed by atoms with E-state index in [9.17, 15) is 13.2 Å². The first-order valence-corrected chi connectivity index (χ1v) is 11.8. The van der Waals surface area contributed by atoms with Gasteiger partial charge in [0.15, 0.2) is 5.69 Å². The number of nitrogens with one attached hydrogen (secondary N) is 2. The van der Waals surface area contributed by atoms with E-state index in [1.807, 2.05) is 24.3 Å². The Bertz CT molecular complexity index is 1060. The van der Waals surface area contributed by atoms with Crippen LogP contribution in [0.2, 0.25) is 0 Å². The lowest BCUT2D eigenvalue weighted by atomic mass is 9.75. The van der Waals surface area contributed by atoms with E-state index < -0.39 is 25.5 Å². The van der Waals surface area contributed by atoms with Crippen LogP contribution >= 0.6 is 0 Å². The van der Waals surface area contributed by atoms with Gasteiger partial charge in [0.05, 0.1) is 5.41 Å². The molecule has 4 N–H and O–H groups in total. The standard InChI is InChI=1S/C22H28N4O3S/c1-16(2)17-7-9-18(10-8-17)25-21(27)26(30(23,28)29)15-22(11-13-24-14-12-22)19-5-3-4-6-20(19)26/h3-10,16,24H,11-15H2,1-2H3,(H2-,23,25,27,28,29)/p+1. The zero-order valence-corrected chi connectivity index (χ0v) is 18.2. The highest BCUT2D eigenvalue weighted by molar-refractivity contribution is 7.89. The van der Waals surface area contributed by atoms with Gasteiger partial charge in [0.2, 0.25) is 0 Å². The van der Waals surface area contributed by atoms with E-state index in [1.165, 1.54) is 0 Å². The third-order valence-electron chi connectivity index (χ3n) is 6.54. The number of hydrogen-bond donors (Lipinski definition) is 3. The Balaban J connectivity index is 1.78. The number of hydrogen-bond acceptors (Lipinski definition) is 4. The van der Waals surface area contributed by atoms with Gasteiger partial charge >= 0.3 is 16.2 Å². The number of rotatable bonds is 3. The number of carbonyl (C=O) groups excluding carboxylic acids is 1. The number of nitrogens with two attached hydrogens (primary N) is 1. The molecule has 2 aromatic carbocycles. The van der Waals surface area contributed by atoms with Crippen molar-refractivity contribution in [3.05, 3.63) is 59.7 Å². The van der Waals surface area contributed by atoms with Crippen molar-refractivity contribution in [1.82, 2.24) is 9.21 Å². The van der Waals surface area contributed by atoms with E-state index in [2.05, 4.69) is 24.5 Å². The summed E-state index contributed by atoms with van der Waals surface area (Å²) in [5, 5.41) is 11.9. The fourth-order valence-corrected chi connectivity index (χ4v) is 5.99. The summed E-state index contributed by atoms with van der Waals surface area (Å²) in [5.41, 5.74) is 2.66. The summed E-state index contributed by atoms with van der Waals surface area (Å²) in [4.78, 5) is 13.6. The van der Waals surface area contributed by atoms with Gasteiger partial charge in [-0.15, -0.1) is 0 Å². The molecule has 4 rings (SSSR count). The molecule has 30 heavy (non-hydrogen) atoms. The van der Waals surface area contributed by atoms with Crippen LogP contribution in [0.3, 0.4) is 0 Å². The normalized spacial score (nSPS) is 22.8. The summed E-state index contributed by atoms with van der Waals surface area (Å²) in [6.45, 7) is 5.85. The second kappa shape index (κ2) is 7.46. The zero-order chi connectivity index (χ0) is 21.6. The quantitative estimate of drug-likeness (QED) is 0.652. The molecule has 1 unspecified atom stereocenters. The maximum atomic E-state index is 13.6. The highest BCUT2D eigenvalue weighted by atomic mass is 32.2. The van der Waals surface area contributed by atoms with E-state index in [0.717, 1.165) is 37.1 Å². The second-order valence-electron chi connectivity index (χ2n) is 8.67. The first-order chi connectivity index (χ1) is 14.2. The summed E-state index contributed by atoms with van der Waals surface area (Å²) in [7, 11) is -4.29. The van der Waals surface area contributed by atoms with Gasteiger partial charge < -0.3 is 5.32 Å². The SMILES string of the molecule is CC(C)c1ccc(NC(=O)[N+]2(S(N)(=O)=O)CC3(CCNCC3)c3ccccc32)cc1. The van der Waals surface area contributed by atoms with Crippen LogP contribution in [0.5, 0.6) is 0 Å². The summed E-state index contributed by atoms with van der Waals surface area (Å²) in [6.07, 6.45) is 1.52. The van der Waals surface area contributed by atoms with Crippen molar-refractivity contribution < 1.29 is 13.2 Å². The van der Waals surface area contributed by atoms with Crippen LogP contribution in [-0.4, -0.2) is 34.1 Å². The number of amides is 2. The van der Waals surface area contributed by atoms with Crippen LogP contribution in [0.1, 0.15) is 43.7 Å². The van der Waals surface area contributed by atoms with Gasteiger partial charge in [0.1, 0.15) is 6.54 Å². The Labute approximate surface area is 178 Å². The molecule has 1 spiro atoms. The smallest absolute Gasteiger partial charge is 0.317 e. The molecule has 0 aromatic heterocycles. The Morgan fingerprint density at radius 2 is 1.73 bits per heavy atom. The molecular weight excluding hydrogens is 400 g/mol. The summed E-state index contributed by atoms with van der Waals surface area (Å²) in [6, 6.07) is 14.2. The molecule has 7 nitrogen and oxygen atoms in total. The zero-order valence-electron chi connectivity index (χ0n) is 17.4. The Kier molecular flexibility index (Phi) is 5.22. The number of benzene rings is 2. The number of para-hydroxylation sites is 1. The molecule has 8 heteroatoms. The van der Waals surface area contributed by atoms with Crippen molar-refractivity contribution >= 4 is 27.6 Å². The van der Waals surface area contributed by atoms with Crippen molar-refractivity contribution in [2.24, 2.45) is 5.14 Å². The minimum absolute atomic E-state index is 0.114. The Morgan fingerprint density at radius 3 is 2.33 bits per heavy atom. The minimum Gasteiger partial charge on any atom is -0.317 e. The third-order valence-corrected chi connectivity index (χ3v) is 7.90. The predicted octanol–water partition coefficient (Wildman–Crippen LogP) is 3.19. The molecule has 0 bridgehead atoms. The minimum atomic E-state index is -4.29. The number of anilines is 1. The van der Waals surface area contributed by atoms with Crippen LogP contribution in [0.4, 0.5) is 16.2 Å². The number of quaternary nitrogens is 1. The number of nitrogens with zero attached hydrogens (tertiary/aromatic N) is 1. The lowest BCUT2D eigenvalue weighted by molar-refractivity contribution is 0.225. The van der Waals surface area contributed by atoms with Gasteiger partial charge in [-0.1, -0.05) is 48.1 Å². The number of piperidine rings is 1. The van der Waals surface area contributed by atoms with Crippen LogP contribution in [-0.2, 0) is 15.6 Å². The van der Waals surface area contributed by atoms with Gasteiger partial charge in [0, 0.05) is 17.3 Å². The Hall–Kier alpha value is -2.26. The largest absolute Gasteiger partial charge is 0.442 e. The third kappa shape index (κ3) is 3.24. The molecule has 1 fully saturated rings. The van der Waals surface area contributed by atoms with Crippen molar-refractivity contribution in [2.45, 2.75) is 38.0 Å². The first-order valence-electron chi connectivity index (χ1n) is 10.3. The summed E-state index contributed by atoms with van der Waals surface area (Å²) < 4.78 is 25.1. The molecule has 0 aliphatic carbocycles. The summed E-state index contributed by atoms with van der Waals surface area (Å²) in [5.74, 6) is 0.364. The maximum Gasteiger partial charge on any atom is 0.442 e. The first kappa shape index (κ1) is 21.0. The van der Waals surface area contributed by atoms with E-state index in [4.69, 9.17) is 5.14 Å². The fourth-order valence-electron chi connectivity index (χ4n) is 4.86. The monoisotopic (exact) mass is 429 g/mol. The molecule has 1 atom stereocenters. The second-order valence-corrected chi connectivity index (χ2v) is 10.3. The molecular formula is C22H29N4O3S+. The number of urea groups is 1. The van der Waals surface area contributed by atoms with E-state index in [1.54, 1.807) is 24.3 Å². The van der Waals surface area contributed by atoms with Crippen molar-refractivity contribution in [2.75, 3.05) is 25.0 Å². The lowest BCUT2D eigenvalue weighted by Gasteiger charge is -2.35. The molecule has 2 aromatic rings. The van der Waals surface area contributed by atoms with Crippen molar-refractivity contribution in [1.29, 1.82) is 0 Å². The predicted molar refractivity (Wildman–Crippen MR) is 120 cm³/mol. The number of carbonyl (C=O) groups is 1. The van der Waals surface area contributed by atoms with Crippen LogP contribution in [0, 0.1) is 0 Å². The average Bonchev–Trinajstić information content (AvgIpc) is 3.00. The molecule has 0 radical (unpaired) electrons. The Morgan fingerprint density at radius 1 is 1.10 bits per heavy atom. The molecule has 0 saturated carbocycles. The van der Waals surface area contributed by atoms with Crippen LogP contribution < -0.4 is 19.7 Å². The maximum absolute atomic E-state index is 13.6. The molecule has 160 valence electrons. The molecule has 2 amide bonds. The van der Waals surface area contributed by atoms with E-state index in [0.29, 0.717) is 17.3 Å². The fraction of sp³-hybridized carbons (Fsp3) is 0.409. The average molecular weight is 430 g/mol. The van der Waals surface area contributed by atoms with Crippen LogP contribution in [0.15, 0.2) is 48.5 Å². The van der Waals surface area contributed by atoms with Gasteiger partial charge in [-0.2, -0.15) is 13.6 Å². The molecule has 1 saturated heterocycles. The lowest BCUT2D eigenvalue weighted by Crippen LogP contribution is -2.64. The molecule has 2 aliphatic heterocycles. The van der Waals surface area contributed by atoms with Crippen molar-refractivity contribution in [3.8, 4) is 0 Å². The van der Waals surface area contributed by atoms with E-state index in [-0.39, 0.29) is 6.54 Å². The highest BCUT2D eigenvalue weighted by Gasteiger charge is 2.63. The number of fused-ring (bicyclic) bond motifs is 2. The van der Waals surface area contributed by atoms with Crippen molar-refractivity contribution in [3.63, 3.8) is 0 Å².